The normalized spacial score (nSPS) is 10.5. The van der Waals surface area contributed by atoms with Crippen LogP contribution in [-0.2, 0) is 0 Å². The third-order valence-corrected chi connectivity index (χ3v) is 3.24. The second kappa shape index (κ2) is 8.84. The molecule has 2 aromatic carbocycles. The summed E-state index contributed by atoms with van der Waals surface area (Å²) >= 11 is 0. The number of amides is 1. The molecule has 0 aliphatic rings. The number of rotatable bonds is 7. The number of carbonyl (C=O) groups is 1. The standard InChI is InChI=1S/C18H18N6O2/c1-2-26-13-9-7-12(8-10-13)22-18(25)14-5-3-4-6-15(14)23-24-16(11-19)17(20)21/h3-10,23H,2H2,1H3,(H3,20,21)(H,22,25)/b24-16+. The number of nitrogens with zero attached hydrogens (tertiary/aromatic N) is 2. The Morgan fingerprint density at radius 3 is 2.58 bits per heavy atom. The number of amidine groups is 1. The molecule has 0 spiro atoms. The Morgan fingerprint density at radius 1 is 1.27 bits per heavy atom. The first kappa shape index (κ1) is 18.5. The lowest BCUT2D eigenvalue weighted by Gasteiger charge is -2.10. The summed E-state index contributed by atoms with van der Waals surface area (Å²) in [6, 6.07) is 15.4. The van der Waals surface area contributed by atoms with Gasteiger partial charge < -0.3 is 15.8 Å². The average Bonchev–Trinajstić information content (AvgIpc) is 2.64. The van der Waals surface area contributed by atoms with E-state index in [1.807, 2.05) is 6.92 Å². The molecule has 8 nitrogen and oxygen atoms in total. The fraction of sp³-hybridized carbons (Fsp3) is 0.111. The molecular formula is C18H18N6O2. The lowest BCUT2D eigenvalue weighted by molar-refractivity contribution is 0.102. The van der Waals surface area contributed by atoms with Gasteiger partial charge in [0.15, 0.2) is 5.84 Å². The first-order valence-electron chi connectivity index (χ1n) is 7.76. The van der Waals surface area contributed by atoms with E-state index in [1.165, 1.54) is 0 Å². The zero-order valence-electron chi connectivity index (χ0n) is 14.1. The SMILES string of the molecule is CCOc1ccc(NC(=O)c2ccccc2N/N=C(\C#N)C(=N)N)cc1. The molecule has 8 heteroatoms. The summed E-state index contributed by atoms with van der Waals surface area (Å²) in [6.07, 6.45) is 0. The van der Waals surface area contributed by atoms with Gasteiger partial charge in [-0.1, -0.05) is 12.1 Å². The van der Waals surface area contributed by atoms with Crippen LogP contribution in [0.2, 0.25) is 0 Å². The smallest absolute Gasteiger partial charge is 0.257 e. The van der Waals surface area contributed by atoms with Crippen LogP contribution >= 0.6 is 0 Å². The highest BCUT2D eigenvalue weighted by molar-refractivity contribution is 6.45. The molecule has 0 aromatic heterocycles. The number of ether oxygens (including phenoxy) is 1. The third kappa shape index (κ3) is 4.82. The van der Waals surface area contributed by atoms with E-state index in [9.17, 15) is 4.79 Å². The van der Waals surface area contributed by atoms with E-state index in [2.05, 4.69) is 15.8 Å². The molecule has 2 aromatic rings. The minimum atomic E-state index is -0.462. The second-order valence-electron chi connectivity index (χ2n) is 5.05. The predicted molar refractivity (Wildman–Crippen MR) is 101 cm³/mol. The van der Waals surface area contributed by atoms with Crippen LogP contribution in [0.5, 0.6) is 5.75 Å². The molecule has 2 rings (SSSR count). The highest BCUT2D eigenvalue weighted by atomic mass is 16.5. The Hall–Kier alpha value is -3.86. The van der Waals surface area contributed by atoms with Gasteiger partial charge in [0.05, 0.1) is 17.9 Å². The third-order valence-electron chi connectivity index (χ3n) is 3.24. The summed E-state index contributed by atoms with van der Waals surface area (Å²) < 4.78 is 5.36. The number of hydrogen-bond acceptors (Lipinski definition) is 6. The zero-order chi connectivity index (χ0) is 18.9. The van der Waals surface area contributed by atoms with Gasteiger partial charge in [-0.2, -0.15) is 10.4 Å². The van der Waals surface area contributed by atoms with E-state index in [-0.39, 0.29) is 11.6 Å². The van der Waals surface area contributed by atoms with Crippen molar-refractivity contribution in [3.8, 4) is 11.8 Å². The molecule has 5 N–H and O–H groups in total. The number of hydrogen-bond donors (Lipinski definition) is 4. The van der Waals surface area contributed by atoms with E-state index < -0.39 is 5.84 Å². The average molecular weight is 350 g/mol. The second-order valence-corrected chi connectivity index (χ2v) is 5.05. The molecule has 0 aliphatic carbocycles. The van der Waals surface area contributed by atoms with Gasteiger partial charge in [-0.3, -0.25) is 15.6 Å². The van der Waals surface area contributed by atoms with Crippen molar-refractivity contribution >= 4 is 28.8 Å². The molecule has 0 bridgehead atoms. The van der Waals surface area contributed by atoms with Gasteiger partial charge in [0.2, 0.25) is 5.71 Å². The fourth-order valence-electron chi connectivity index (χ4n) is 2.04. The monoisotopic (exact) mass is 350 g/mol. The fourth-order valence-corrected chi connectivity index (χ4v) is 2.04. The Balaban J connectivity index is 2.16. The summed E-state index contributed by atoms with van der Waals surface area (Å²) in [5.74, 6) is -0.0970. The first-order valence-corrected chi connectivity index (χ1v) is 7.76. The van der Waals surface area contributed by atoms with Gasteiger partial charge in [0.25, 0.3) is 5.91 Å². The van der Waals surface area contributed by atoms with Crippen molar-refractivity contribution in [2.75, 3.05) is 17.3 Å². The lowest BCUT2D eigenvalue weighted by atomic mass is 10.1. The summed E-state index contributed by atoms with van der Waals surface area (Å²) in [5, 5.41) is 22.7. The van der Waals surface area contributed by atoms with E-state index in [4.69, 9.17) is 21.1 Å². The van der Waals surface area contributed by atoms with Gasteiger partial charge in [0.1, 0.15) is 11.8 Å². The van der Waals surface area contributed by atoms with Crippen molar-refractivity contribution < 1.29 is 9.53 Å². The van der Waals surface area contributed by atoms with Crippen molar-refractivity contribution in [2.24, 2.45) is 10.8 Å². The van der Waals surface area contributed by atoms with Gasteiger partial charge in [-0.05, 0) is 43.3 Å². The van der Waals surface area contributed by atoms with Gasteiger partial charge >= 0.3 is 0 Å². The van der Waals surface area contributed by atoms with Gasteiger partial charge in [-0.25, -0.2) is 0 Å². The largest absolute Gasteiger partial charge is 0.494 e. The van der Waals surface area contributed by atoms with Crippen LogP contribution in [0.4, 0.5) is 11.4 Å². The van der Waals surface area contributed by atoms with Crippen molar-refractivity contribution in [1.82, 2.24) is 0 Å². The number of benzene rings is 2. The van der Waals surface area contributed by atoms with Crippen LogP contribution in [0.3, 0.4) is 0 Å². The summed E-state index contributed by atoms with van der Waals surface area (Å²) in [5.41, 5.74) is 8.89. The molecular weight excluding hydrogens is 332 g/mol. The van der Waals surface area contributed by atoms with Crippen molar-refractivity contribution in [2.45, 2.75) is 6.92 Å². The Bertz CT molecular complexity index is 868. The van der Waals surface area contributed by atoms with E-state index >= 15 is 0 Å². The Morgan fingerprint density at radius 2 is 1.96 bits per heavy atom. The quantitative estimate of drug-likeness (QED) is 0.345. The maximum Gasteiger partial charge on any atom is 0.257 e. The molecule has 0 unspecified atom stereocenters. The number of anilines is 2. The lowest BCUT2D eigenvalue weighted by Crippen LogP contribution is -2.22. The van der Waals surface area contributed by atoms with Crippen LogP contribution in [0, 0.1) is 16.7 Å². The Labute approximate surface area is 150 Å². The number of nitriles is 1. The highest BCUT2D eigenvalue weighted by Gasteiger charge is 2.12. The van der Waals surface area contributed by atoms with Crippen LogP contribution in [0.25, 0.3) is 0 Å². The van der Waals surface area contributed by atoms with Crippen molar-refractivity contribution in [3.63, 3.8) is 0 Å². The topological polar surface area (TPSA) is 136 Å². The predicted octanol–water partition coefficient (Wildman–Crippen LogP) is 2.57. The molecule has 26 heavy (non-hydrogen) atoms. The van der Waals surface area contributed by atoms with E-state index in [0.717, 1.165) is 5.75 Å². The molecule has 132 valence electrons. The minimum Gasteiger partial charge on any atom is -0.494 e. The summed E-state index contributed by atoms with van der Waals surface area (Å²) in [7, 11) is 0. The van der Waals surface area contributed by atoms with E-state index in [0.29, 0.717) is 23.5 Å². The van der Waals surface area contributed by atoms with Crippen molar-refractivity contribution in [3.05, 3.63) is 54.1 Å². The van der Waals surface area contributed by atoms with E-state index in [1.54, 1.807) is 54.6 Å². The number of nitrogens with one attached hydrogen (secondary N) is 3. The number of carbonyl (C=O) groups excluding carboxylic acids is 1. The van der Waals surface area contributed by atoms with Crippen molar-refractivity contribution in [1.29, 1.82) is 10.7 Å². The van der Waals surface area contributed by atoms with Gasteiger partial charge in [-0.15, -0.1) is 0 Å². The molecule has 0 radical (unpaired) electrons. The van der Waals surface area contributed by atoms with Crippen LogP contribution < -0.4 is 21.2 Å². The number of nitrogens with two attached hydrogens (primary N) is 1. The Kier molecular flexibility index (Phi) is 6.28. The van der Waals surface area contributed by atoms with Crippen LogP contribution in [0.1, 0.15) is 17.3 Å². The van der Waals surface area contributed by atoms with Gasteiger partial charge in [0, 0.05) is 5.69 Å². The van der Waals surface area contributed by atoms with Crippen LogP contribution in [-0.4, -0.2) is 24.1 Å². The first-order chi connectivity index (χ1) is 12.5. The van der Waals surface area contributed by atoms with Crippen LogP contribution in [0.15, 0.2) is 53.6 Å². The summed E-state index contributed by atoms with van der Waals surface area (Å²) in [4.78, 5) is 12.5. The maximum absolute atomic E-state index is 12.5. The minimum absolute atomic E-state index is 0.272. The molecule has 1 amide bonds. The molecule has 0 saturated carbocycles. The summed E-state index contributed by atoms with van der Waals surface area (Å²) in [6.45, 7) is 2.46. The zero-order valence-corrected chi connectivity index (χ0v) is 14.1. The molecule has 0 atom stereocenters. The highest BCUT2D eigenvalue weighted by Crippen LogP contribution is 2.19. The molecule has 0 saturated heterocycles. The molecule has 0 heterocycles. The number of para-hydroxylation sites is 1. The molecule has 0 aliphatic heterocycles. The number of hydrazone groups is 1. The maximum atomic E-state index is 12.5. The molecule has 0 fully saturated rings.